The lowest BCUT2D eigenvalue weighted by Crippen LogP contribution is -2.51. The number of ketones is 1. The van der Waals surface area contributed by atoms with Crippen molar-refractivity contribution < 1.29 is 23.9 Å². The average molecular weight is 606 g/mol. The van der Waals surface area contributed by atoms with Gasteiger partial charge in [-0.05, 0) is 48.7 Å². The van der Waals surface area contributed by atoms with Gasteiger partial charge >= 0.3 is 0 Å². The number of amides is 2. The second-order valence-electron chi connectivity index (χ2n) is 11.1. The highest BCUT2D eigenvalue weighted by molar-refractivity contribution is 8.14. The van der Waals surface area contributed by atoms with Gasteiger partial charge in [0.2, 0.25) is 0 Å². The van der Waals surface area contributed by atoms with Crippen LogP contribution in [0.3, 0.4) is 0 Å². The van der Waals surface area contributed by atoms with Crippen LogP contribution >= 0.6 is 11.8 Å². The Balaban J connectivity index is 1.55. The van der Waals surface area contributed by atoms with Crippen molar-refractivity contribution in [3.8, 4) is 5.75 Å². The Labute approximate surface area is 251 Å². The molecule has 11 nitrogen and oxygen atoms in total. The van der Waals surface area contributed by atoms with Crippen LogP contribution in [-0.2, 0) is 6.54 Å². The number of dihydropyridines is 1. The molecule has 3 aromatic rings. The first-order valence-electron chi connectivity index (χ1n) is 13.4. The van der Waals surface area contributed by atoms with Crippen LogP contribution in [0, 0.1) is 5.82 Å². The van der Waals surface area contributed by atoms with Gasteiger partial charge in [-0.2, -0.15) is 0 Å². The SMILES string of the molecule is CC(C)(C)SC(=O)N1CC(=O)c2c(Nc3ccccc3)c(C3=CC(N(N)C(=O)c4ccc(O)c(F)c4)NC=C3)n(N)c2C1. The van der Waals surface area contributed by atoms with Crippen molar-refractivity contribution in [2.45, 2.75) is 38.2 Å². The van der Waals surface area contributed by atoms with Gasteiger partial charge in [-0.25, -0.2) is 10.2 Å². The van der Waals surface area contributed by atoms with Gasteiger partial charge in [0.05, 0.1) is 35.7 Å². The van der Waals surface area contributed by atoms with E-state index in [9.17, 15) is 23.9 Å². The van der Waals surface area contributed by atoms with E-state index in [4.69, 9.17) is 11.7 Å². The third-order valence-corrected chi connectivity index (χ3v) is 7.87. The van der Waals surface area contributed by atoms with Crippen LogP contribution in [0.15, 0.2) is 66.9 Å². The molecule has 2 aliphatic rings. The van der Waals surface area contributed by atoms with Gasteiger partial charge in [0.1, 0.15) is 6.17 Å². The third-order valence-electron chi connectivity index (χ3n) is 6.83. The Hall–Kier alpha value is -4.75. The number of allylic oxidation sites excluding steroid dienone is 2. The zero-order valence-electron chi connectivity index (χ0n) is 23.8. The van der Waals surface area contributed by atoms with E-state index in [1.807, 2.05) is 51.1 Å². The number of aromatic hydroxyl groups is 1. The molecule has 13 heteroatoms. The zero-order valence-corrected chi connectivity index (χ0v) is 24.6. The van der Waals surface area contributed by atoms with Crippen molar-refractivity contribution in [1.29, 1.82) is 0 Å². The topological polar surface area (TPSA) is 159 Å². The van der Waals surface area contributed by atoms with Crippen molar-refractivity contribution in [2.75, 3.05) is 17.7 Å². The summed E-state index contributed by atoms with van der Waals surface area (Å²) in [6.07, 6.45) is 4.08. The number of hydrogen-bond acceptors (Lipinski definition) is 9. The molecule has 224 valence electrons. The van der Waals surface area contributed by atoms with Crippen LogP contribution in [0.2, 0.25) is 0 Å². The highest BCUT2D eigenvalue weighted by atomic mass is 32.2. The summed E-state index contributed by atoms with van der Waals surface area (Å²) in [6.45, 7) is 5.79. The maximum absolute atomic E-state index is 13.9. The smallest absolute Gasteiger partial charge is 0.282 e. The Morgan fingerprint density at radius 3 is 2.56 bits per heavy atom. The van der Waals surface area contributed by atoms with Crippen molar-refractivity contribution >= 4 is 45.6 Å². The number of thioether (sulfide) groups is 1. The van der Waals surface area contributed by atoms with Crippen molar-refractivity contribution in [3.05, 3.63) is 95.2 Å². The lowest BCUT2D eigenvalue weighted by Gasteiger charge is -2.29. The number of hydrogen-bond donors (Lipinski definition) is 5. The number of para-hydroxylation sites is 1. The fourth-order valence-electron chi connectivity index (χ4n) is 4.85. The molecular formula is C30H32FN7O4S. The first-order chi connectivity index (χ1) is 20.3. The lowest BCUT2D eigenvalue weighted by atomic mass is 10.0. The number of carbonyl (C=O) groups excluding carboxylic acids is 3. The van der Waals surface area contributed by atoms with Gasteiger partial charge in [0.25, 0.3) is 11.1 Å². The molecule has 1 unspecified atom stereocenters. The average Bonchev–Trinajstić information content (AvgIpc) is 3.24. The van der Waals surface area contributed by atoms with Crippen LogP contribution < -0.4 is 22.3 Å². The number of anilines is 2. The summed E-state index contributed by atoms with van der Waals surface area (Å²) in [5.41, 5.74) is 2.92. The maximum atomic E-state index is 13.9. The maximum Gasteiger partial charge on any atom is 0.282 e. The van der Waals surface area contributed by atoms with Crippen molar-refractivity contribution in [1.82, 2.24) is 19.9 Å². The van der Waals surface area contributed by atoms with Gasteiger partial charge in [-0.15, -0.1) is 0 Å². The summed E-state index contributed by atoms with van der Waals surface area (Å²) in [7, 11) is 0. The minimum Gasteiger partial charge on any atom is -0.505 e. The Morgan fingerprint density at radius 2 is 1.88 bits per heavy atom. The molecule has 3 heterocycles. The summed E-state index contributed by atoms with van der Waals surface area (Å²) < 4.78 is 15.0. The second-order valence-corrected chi connectivity index (χ2v) is 12.9. The number of benzene rings is 2. The van der Waals surface area contributed by atoms with E-state index in [0.29, 0.717) is 33.9 Å². The van der Waals surface area contributed by atoms with Crippen molar-refractivity contribution in [3.63, 3.8) is 0 Å². The molecule has 5 rings (SSSR count). The summed E-state index contributed by atoms with van der Waals surface area (Å²) >= 11 is 1.14. The molecule has 2 amide bonds. The Morgan fingerprint density at radius 1 is 1.16 bits per heavy atom. The third kappa shape index (κ3) is 6.08. The number of hydrazine groups is 1. The first kappa shape index (κ1) is 29.7. The molecular weight excluding hydrogens is 573 g/mol. The highest BCUT2D eigenvalue weighted by Gasteiger charge is 2.37. The van der Waals surface area contributed by atoms with E-state index >= 15 is 0 Å². The molecule has 2 aliphatic heterocycles. The first-order valence-corrected chi connectivity index (χ1v) is 14.2. The van der Waals surface area contributed by atoms with E-state index in [2.05, 4.69) is 10.6 Å². The number of phenolic OH excluding ortho intramolecular Hbond substituents is 1. The monoisotopic (exact) mass is 605 g/mol. The minimum atomic E-state index is -0.951. The number of nitrogens with two attached hydrogens (primary N) is 2. The molecule has 1 atom stereocenters. The fraction of sp³-hybridized carbons (Fsp3) is 0.233. The molecule has 2 aromatic carbocycles. The number of rotatable bonds is 5. The van der Waals surface area contributed by atoms with E-state index < -0.39 is 23.6 Å². The molecule has 0 aliphatic carbocycles. The van der Waals surface area contributed by atoms with Gasteiger partial charge < -0.3 is 26.5 Å². The lowest BCUT2D eigenvalue weighted by molar-refractivity contribution is 0.0696. The summed E-state index contributed by atoms with van der Waals surface area (Å²) in [5.74, 6) is 10.3. The van der Waals surface area contributed by atoms with Crippen LogP contribution in [-0.4, -0.2) is 54.1 Å². The fourth-order valence-corrected chi connectivity index (χ4v) is 5.64. The number of fused-ring (bicyclic) bond motifs is 1. The summed E-state index contributed by atoms with van der Waals surface area (Å²) in [5, 5.41) is 16.5. The molecule has 0 radical (unpaired) electrons. The normalized spacial score (nSPS) is 16.3. The minimum absolute atomic E-state index is 0.0586. The molecule has 0 bridgehead atoms. The number of carbonyl (C=O) groups is 3. The number of aromatic nitrogens is 1. The molecule has 43 heavy (non-hydrogen) atoms. The van der Waals surface area contributed by atoms with E-state index in [1.54, 1.807) is 18.4 Å². The Kier molecular flexibility index (Phi) is 7.95. The Bertz CT molecular complexity index is 1660. The standard InChI is InChI=1S/C30H32FN7O4S/c1-30(2,3)43-29(42)36-15-21-25(23(40)16-36)26(35-19-7-5-4-6-8-19)27(37(21)32)17-11-12-34-24(14-17)38(33)28(41)18-9-10-22(39)20(31)13-18/h4-14,24,34-35,39H,15-16,32-33H2,1-3H3. The largest absolute Gasteiger partial charge is 0.505 e. The molecule has 7 N–H and O–H groups in total. The van der Waals surface area contributed by atoms with Gasteiger partial charge in [-0.1, -0.05) is 50.7 Å². The van der Waals surface area contributed by atoms with E-state index in [0.717, 1.165) is 28.9 Å². The molecule has 0 spiro atoms. The predicted octanol–water partition coefficient (Wildman–Crippen LogP) is 4.28. The number of nitrogens with zero attached hydrogens (tertiary/aromatic N) is 3. The zero-order chi connectivity index (χ0) is 31.1. The molecule has 1 aromatic heterocycles. The summed E-state index contributed by atoms with van der Waals surface area (Å²) in [6, 6.07) is 12.5. The van der Waals surface area contributed by atoms with Crippen molar-refractivity contribution in [2.24, 2.45) is 5.84 Å². The van der Waals surface area contributed by atoms with Gasteiger partial charge in [-0.3, -0.25) is 24.1 Å². The highest BCUT2D eigenvalue weighted by Crippen LogP contribution is 2.39. The number of nitrogens with one attached hydrogen (secondary N) is 2. The molecule has 0 saturated heterocycles. The van der Waals surface area contributed by atoms with Crippen LogP contribution in [0.25, 0.3) is 5.57 Å². The molecule has 0 fully saturated rings. The summed E-state index contributed by atoms with van der Waals surface area (Å²) in [4.78, 5) is 41.2. The predicted molar refractivity (Wildman–Crippen MR) is 164 cm³/mol. The number of nitrogen functional groups attached to an aromatic ring is 1. The molecule has 0 saturated carbocycles. The quantitative estimate of drug-likeness (QED) is 0.163. The number of phenols is 1. The number of Topliss-reactive ketones (excluding diaryl/α,β-unsaturated/α-hetero) is 1. The van der Waals surface area contributed by atoms with E-state index in [1.165, 1.54) is 15.6 Å². The van der Waals surface area contributed by atoms with Crippen LogP contribution in [0.1, 0.15) is 52.9 Å². The second kappa shape index (κ2) is 11.5. The van der Waals surface area contributed by atoms with Crippen LogP contribution in [0.4, 0.5) is 20.6 Å². The van der Waals surface area contributed by atoms with Gasteiger partial charge in [0, 0.05) is 21.6 Å². The van der Waals surface area contributed by atoms with Crippen LogP contribution in [0.5, 0.6) is 5.75 Å². The number of halogens is 1. The van der Waals surface area contributed by atoms with Gasteiger partial charge in [0.15, 0.2) is 17.3 Å². The van der Waals surface area contributed by atoms with E-state index in [-0.39, 0.29) is 34.4 Å².